The van der Waals surface area contributed by atoms with Crippen molar-refractivity contribution in [2.24, 2.45) is 5.92 Å². The molecule has 3 aliphatic rings. The van der Waals surface area contributed by atoms with Crippen LogP contribution in [0.2, 0.25) is 0 Å². The van der Waals surface area contributed by atoms with Gasteiger partial charge in [-0.2, -0.15) is 0 Å². The summed E-state index contributed by atoms with van der Waals surface area (Å²) in [5.41, 5.74) is 0. The first-order valence-electron chi connectivity index (χ1n) is 9.66. The first-order chi connectivity index (χ1) is 13.7. The second-order valence-electron chi connectivity index (χ2n) is 7.74. The number of alkyl halides is 1. The van der Waals surface area contributed by atoms with Crippen molar-refractivity contribution in [2.45, 2.75) is 74.6 Å². The van der Waals surface area contributed by atoms with E-state index in [4.69, 9.17) is 30.5 Å². The number of aliphatic hydroxyl groups excluding tert-OH is 1. The lowest BCUT2D eigenvalue weighted by molar-refractivity contribution is -0.239. The minimum atomic E-state index is -1.04. The fraction of sp³-hybridized carbons (Fsp3) is 0.700. The first kappa shape index (κ1) is 23.0. The van der Waals surface area contributed by atoms with Crippen molar-refractivity contribution in [2.75, 3.05) is 7.11 Å². The predicted octanol–water partition coefficient (Wildman–Crippen LogP) is 2.66. The highest BCUT2D eigenvalue weighted by molar-refractivity contribution is 14.1. The molecule has 0 radical (unpaired) electrons. The number of ketones is 1. The molecule has 7 nitrogen and oxygen atoms in total. The van der Waals surface area contributed by atoms with Crippen molar-refractivity contribution < 1.29 is 33.6 Å². The lowest BCUT2D eigenvalue weighted by Gasteiger charge is -2.46. The molecule has 0 aliphatic carbocycles. The van der Waals surface area contributed by atoms with Gasteiger partial charge < -0.3 is 24.1 Å². The van der Waals surface area contributed by atoms with Gasteiger partial charge in [-0.1, -0.05) is 13.5 Å². The number of carbonyl (C=O) groups is 2. The second kappa shape index (κ2) is 9.64. The number of rotatable bonds is 6. The summed E-state index contributed by atoms with van der Waals surface area (Å²) in [6.45, 7) is 5.72. The molecule has 0 spiro atoms. The normalized spacial score (nSPS) is 38.5. The number of hydrogen-bond donors (Lipinski definition) is 1. The standard InChI is InChI=1S/C20H26ClIO7/c1-9(22)6-12(21)13(23)8-15-17(25)20-19(29-15)10(2)18-14(28-20)5-4-11(27-18)7-16(24)26-3/h8,10-12,14,17-20,25H,1,4-7H2,2-3H3/b15-8-/t10-,11+,12-,14-,17-,18+,19-,20?/m0/s1. The largest absolute Gasteiger partial charge is 0.489 e. The number of halogens is 2. The van der Waals surface area contributed by atoms with Crippen LogP contribution in [-0.4, -0.2) is 66.0 Å². The Morgan fingerprint density at radius 2 is 2.07 bits per heavy atom. The van der Waals surface area contributed by atoms with Crippen molar-refractivity contribution in [1.29, 1.82) is 0 Å². The summed E-state index contributed by atoms with van der Waals surface area (Å²) in [7, 11) is 1.36. The molecule has 8 atom stereocenters. The third kappa shape index (κ3) is 5.15. The zero-order chi connectivity index (χ0) is 21.3. The molecule has 29 heavy (non-hydrogen) atoms. The van der Waals surface area contributed by atoms with Crippen molar-refractivity contribution in [3.8, 4) is 0 Å². The Balaban J connectivity index is 1.69. The summed E-state index contributed by atoms with van der Waals surface area (Å²) in [6.07, 6.45) is 0.457. The molecule has 3 saturated heterocycles. The van der Waals surface area contributed by atoms with Crippen LogP contribution in [-0.2, 0) is 28.5 Å². The van der Waals surface area contributed by atoms with Gasteiger partial charge in [-0.15, -0.1) is 11.6 Å². The van der Waals surface area contributed by atoms with Gasteiger partial charge in [-0.05, 0) is 39.0 Å². The van der Waals surface area contributed by atoms with Crippen LogP contribution in [0, 0.1) is 5.92 Å². The molecule has 3 fully saturated rings. The Hall–Kier alpha value is -0.680. The topological polar surface area (TPSA) is 91.3 Å². The number of carbonyl (C=O) groups excluding carboxylic acids is 2. The van der Waals surface area contributed by atoms with Gasteiger partial charge in [0.15, 0.2) is 5.78 Å². The molecule has 162 valence electrons. The number of fused-ring (bicyclic) bond motifs is 2. The van der Waals surface area contributed by atoms with Crippen LogP contribution in [0.25, 0.3) is 0 Å². The molecule has 0 bridgehead atoms. The third-order valence-corrected chi connectivity index (χ3v) is 6.48. The molecule has 0 aromatic heterocycles. The fourth-order valence-corrected chi connectivity index (χ4v) is 5.10. The maximum atomic E-state index is 12.3. The molecule has 3 aliphatic heterocycles. The van der Waals surface area contributed by atoms with Crippen LogP contribution in [0.1, 0.15) is 32.6 Å². The number of aliphatic hydroxyl groups is 1. The number of esters is 1. The average molecular weight is 541 g/mol. The predicted molar refractivity (Wildman–Crippen MR) is 114 cm³/mol. The minimum Gasteiger partial charge on any atom is -0.489 e. The maximum absolute atomic E-state index is 12.3. The summed E-state index contributed by atoms with van der Waals surface area (Å²) in [4.78, 5) is 23.9. The lowest BCUT2D eigenvalue weighted by atomic mass is 9.83. The van der Waals surface area contributed by atoms with Gasteiger partial charge in [-0.3, -0.25) is 9.59 Å². The van der Waals surface area contributed by atoms with Crippen LogP contribution in [0.3, 0.4) is 0 Å². The van der Waals surface area contributed by atoms with E-state index in [1.54, 1.807) is 0 Å². The Morgan fingerprint density at radius 1 is 1.34 bits per heavy atom. The smallest absolute Gasteiger partial charge is 0.308 e. The van der Waals surface area contributed by atoms with E-state index in [1.807, 2.05) is 29.5 Å². The Kier molecular flexibility index (Phi) is 7.64. The van der Waals surface area contributed by atoms with Gasteiger partial charge >= 0.3 is 5.97 Å². The molecule has 0 aromatic carbocycles. The van der Waals surface area contributed by atoms with E-state index in [2.05, 4.69) is 6.58 Å². The van der Waals surface area contributed by atoms with Crippen LogP contribution in [0.4, 0.5) is 0 Å². The van der Waals surface area contributed by atoms with Gasteiger partial charge in [0.2, 0.25) is 0 Å². The van der Waals surface area contributed by atoms with E-state index < -0.39 is 23.7 Å². The highest BCUT2D eigenvalue weighted by Crippen LogP contribution is 2.43. The molecule has 0 saturated carbocycles. The quantitative estimate of drug-likeness (QED) is 0.240. The zero-order valence-electron chi connectivity index (χ0n) is 16.4. The van der Waals surface area contributed by atoms with Crippen LogP contribution < -0.4 is 0 Å². The second-order valence-corrected chi connectivity index (χ2v) is 9.80. The molecule has 0 amide bonds. The third-order valence-electron chi connectivity index (χ3n) is 5.67. The van der Waals surface area contributed by atoms with E-state index >= 15 is 0 Å². The van der Waals surface area contributed by atoms with Gasteiger partial charge in [0.05, 0.1) is 31.8 Å². The minimum absolute atomic E-state index is 0.0872. The van der Waals surface area contributed by atoms with E-state index in [0.29, 0.717) is 19.3 Å². The summed E-state index contributed by atoms with van der Waals surface area (Å²) in [5.74, 6) is -0.560. The first-order valence-corrected chi connectivity index (χ1v) is 11.2. The molecule has 0 aromatic rings. The Morgan fingerprint density at radius 3 is 2.72 bits per heavy atom. The Labute approximate surface area is 188 Å². The molecule has 1 unspecified atom stereocenters. The van der Waals surface area contributed by atoms with E-state index in [-0.39, 0.29) is 48.2 Å². The molecular formula is C20H26ClIO7. The average Bonchev–Trinajstić information content (AvgIpc) is 2.98. The van der Waals surface area contributed by atoms with Crippen LogP contribution >= 0.6 is 34.2 Å². The fourth-order valence-electron chi connectivity index (χ4n) is 4.15. The highest BCUT2D eigenvalue weighted by atomic mass is 127. The number of hydrogen-bond acceptors (Lipinski definition) is 7. The summed E-state index contributed by atoms with van der Waals surface area (Å²) < 4.78 is 23.6. The summed E-state index contributed by atoms with van der Waals surface area (Å²) in [6, 6.07) is 0. The Bertz CT molecular complexity index is 696. The van der Waals surface area contributed by atoms with Crippen LogP contribution in [0.15, 0.2) is 22.0 Å². The molecule has 1 N–H and O–H groups in total. The van der Waals surface area contributed by atoms with Gasteiger partial charge in [0.1, 0.15) is 29.4 Å². The molecule has 9 heteroatoms. The van der Waals surface area contributed by atoms with Crippen molar-refractivity contribution in [1.82, 2.24) is 0 Å². The van der Waals surface area contributed by atoms with Gasteiger partial charge in [0, 0.05) is 18.4 Å². The van der Waals surface area contributed by atoms with Crippen molar-refractivity contribution >= 4 is 45.9 Å². The lowest BCUT2D eigenvalue weighted by Crippen LogP contribution is -2.57. The monoisotopic (exact) mass is 540 g/mol. The van der Waals surface area contributed by atoms with E-state index in [9.17, 15) is 14.7 Å². The highest BCUT2D eigenvalue weighted by Gasteiger charge is 2.55. The number of allylic oxidation sites excluding steroid dienone is 2. The number of methoxy groups -OCH3 is 1. The van der Waals surface area contributed by atoms with E-state index in [0.717, 1.165) is 3.58 Å². The van der Waals surface area contributed by atoms with Gasteiger partial charge in [-0.25, -0.2) is 0 Å². The zero-order valence-corrected chi connectivity index (χ0v) is 19.3. The molecular weight excluding hydrogens is 515 g/mol. The van der Waals surface area contributed by atoms with Crippen molar-refractivity contribution in [3.63, 3.8) is 0 Å². The summed E-state index contributed by atoms with van der Waals surface area (Å²) >= 11 is 8.14. The summed E-state index contributed by atoms with van der Waals surface area (Å²) in [5, 5.41) is 9.92. The molecule has 3 heterocycles. The van der Waals surface area contributed by atoms with Crippen LogP contribution in [0.5, 0.6) is 0 Å². The van der Waals surface area contributed by atoms with Gasteiger partial charge in [0.25, 0.3) is 0 Å². The molecule has 3 rings (SSSR count). The van der Waals surface area contributed by atoms with E-state index in [1.165, 1.54) is 13.2 Å². The maximum Gasteiger partial charge on any atom is 0.308 e. The number of ether oxygens (including phenoxy) is 4. The SMILES string of the molecule is C=C(I)C[C@H](Cl)C(=O)/C=C1\O[C@@H]2C(O[C@H]3CC[C@H](CC(=O)OC)O[C@@H]3[C@@H]2C)[C@H]1O. The van der Waals surface area contributed by atoms with Crippen molar-refractivity contribution in [3.05, 3.63) is 22.0 Å².